The van der Waals surface area contributed by atoms with E-state index < -0.39 is 0 Å². The lowest BCUT2D eigenvalue weighted by Gasteiger charge is -2.04. The average Bonchev–Trinajstić information content (AvgIpc) is 2.97. The van der Waals surface area contributed by atoms with Crippen LogP contribution >= 0.6 is 0 Å². The minimum absolute atomic E-state index is 0.221. The fourth-order valence-electron chi connectivity index (χ4n) is 1.98. The van der Waals surface area contributed by atoms with E-state index in [1.165, 1.54) is 0 Å². The number of hydrogen-bond donors (Lipinski definition) is 1. The van der Waals surface area contributed by atoms with E-state index in [1.54, 1.807) is 36.1 Å². The van der Waals surface area contributed by atoms with E-state index in [1.807, 2.05) is 30.5 Å². The number of nitrogens with zero attached hydrogens (tertiary/aromatic N) is 3. The van der Waals surface area contributed by atoms with Gasteiger partial charge in [0, 0.05) is 5.56 Å². The van der Waals surface area contributed by atoms with Crippen LogP contribution in [0.3, 0.4) is 0 Å². The molecule has 100 valence electrons. The maximum Gasteiger partial charge on any atom is 0.128 e. The van der Waals surface area contributed by atoms with Gasteiger partial charge in [0.2, 0.25) is 0 Å². The molecule has 0 aliphatic heterocycles. The number of rotatable bonds is 3. The fourth-order valence-corrected chi connectivity index (χ4v) is 1.98. The molecule has 0 bridgehead atoms. The Hall–Kier alpha value is -2.82. The Bertz CT molecular complexity index is 720. The van der Waals surface area contributed by atoms with E-state index in [9.17, 15) is 5.11 Å². The van der Waals surface area contributed by atoms with Gasteiger partial charge in [-0.2, -0.15) is 0 Å². The van der Waals surface area contributed by atoms with Crippen LogP contribution in [0.4, 0.5) is 0 Å². The zero-order valence-corrected chi connectivity index (χ0v) is 10.9. The van der Waals surface area contributed by atoms with Gasteiger partial charge in [0.15, 0.2) is 0 Å². The topological polar surface area (TPSA) is 60.2 Å². The van der Waals surface area contributed by atoms with Gasteiger partial charge in [0.05, 0.1) is 19.0 Å². The molecule has 3 rings (SSSR count). The molecule has 0 spiro atoms. The maximum atomic E-state index is 9.29. The lowest BCUT2D eigenvalue weighted by Crippen LogP contribution is -1.93. The molecule has 0 amide bonds. The van der Waals surface area contributed by atoms with Gasteiger partial charge < -0.3 is 9.84 Å². The van der Waals surface area contributed by atoms with Crippen molar-refractivity contribution in [2.24, 2.45) is 0 Å². The Morgan fingerprint density at radius 1 is 1.05 bits per heavy atom. The quantitative estimate of drug-likeness (QED) is 0.792. The Labute approximate surface area is 116 Å². The lowest BCUT2D eigenvalue weighted by molar-refractivity contribution is 0.416. The first-order chi connectivity index (χ1) is 9.78. The summed E-state index contributed by atoms with van der Waals surface area (Å²) < 4.78 is 6.97. The summed E-state index contributed by atoms with van der Waals surface area (Å²) in [6.07, 6.45) is 1.82. The first-order valence-corrected chi connectivity index (χ1v) is 6.13. The Kier molecular flexibility index (Phi) is 3.09. The minimum atomic E-state index is 0.221. The molecule has 1 N–H and O–H groups in total. The summed E-state index contributed by atoms with van der Waals surface area (Å²) in [5.74, 6) is 0.976. The number of para-hydroxylation sites is 1. The van der Waals surface area contributed by atoms with Crippen molar-refractivity contribution in [2.45, 2.75) is 0 Å². The molecule has 0 aliphatic rings. The third-order valence-electron chi connectivity index (χ3n) is 2.99. The number of methoxy groups -OCH3 is 1. The van der Waals surface area contributed by atoms with Crippen molar-refractivity contribution in [3.63, 3.8) is 0 Å². The number of phenolic OH excluding ortho intramolecular Hbond substituents is 1. The molecule has 2 aromatic carbocycles. The zero-order chi connectivity index (χ0) is 13.9. The second kappa shape index (κ2) is 5.05. The summed E-state index contributed by atoms with van der Waals surface area (Å²) in [7, 11) is 1.63. The number of ether oxygens (including phenoxy) is 1. The van der Waals surface area contributed by atoms with Gasteiger partial charge in [0.1, 0.15) is 17.2 Å². The summed E-state index contributed by atoms with van der Waals surface area (Å²) in [5, 5.41) is 17.6. The first-order valence-electron chi connectivity index (χ1n) is 6.13. The van der Waals surface area contributed by atoms with Gasteiger partial charge in [-0.25, -0.2) is 4.68 Å². The summed E-state index contributed by atoms with van der Waals surface area (Å²) in [6.45, 7) is 0. The van der Waals surface area contributed by atoms with Gasteiger partial charge in [-0.15, -0.1) is 5.10 Å². The maximum absolute atomic E-state index is 9.29. The highest BCUT2D eigenvalue weighted by molar-refractivity contribution is 5.66. The van der Waals surface area contributed by atoms with Crippen molar-refractivity contribution in [3.05, 3.63) is 54.7 Å². The monoisotopic (exact) mass is 267 g/mol. The number of phenols is 1. The Morgan fingerprint density at radius 3 is 2.55 bits per heavy atom. The van der Waals surface area contributed by atoms with Crippen LogP contribution in [0.2, 0.25) is 0 Å². The number of benzene rings is 2. The SMILES string of the molecule is COc1ccccc1-c1cn(-c2ccc(O)cc2)nn1. The van der Waals surface area contributed by atoms with E-state index in [-0.39, 0.29) is 5.75 Å². The molecule has 0 saturated heterocycles. The highest BCUT2D eigenvalue weighted by atomic mass is 16.5. The van der Waals surface area contributed by atoms with Gasteiger partial charge in [-0.05, 0) is 36.4 Å². The van der Waals surface area contributed by atoms with Crippen LogP contribution in [-0.4, -0.2) is 27.2 Å². The summed E-state index contributed by atoms with van der Waals surface area (Å²) in [6, 6.07) is 14.4. The molecule has 0 saturated carbocycles. The largest absolute Gasteiger partial charge is 0.508 e. The van der Waals surface area contributed by atoms with Crippen LogP contribution < -0.4 is 4.74 Å². The zero-order valence-electron chi connectivity index (χ0n) is 10.9. The van der Waals surface area contributed by atoms with Gasteiger partial charge in [0.25, 0.3) is 0 Å². The molecule has 20 heavy (non-hydrogen) atoms. The second-order valence-electron chi connectivity index (χ2n) is 4.27. The van der Waals surface area contributed by atoms with Crippen LogP contribution in [0, 0.1) is 0 Å². The number of aromatic nitrogens is 3. The molecule has 0 aliphatic carbocycles. The fraction of sp³-hybridized carbons (Fsp3) is 0.0667. The van der Waals surface area contributed by atoms with Crippen molar-refractivity contribution in [1.29, 1.82) is 0 Å². The van der Waals surface area contributed by atoms with Crippen molar-refractivity contribution in [1.82, 2.24) is 15.0 Å². The van der Waals surface area contributed by atoms with E-state index in [0.717, 1.165) is 22.7 Å². The van der Waals surface area contributed by atoms with Crippen LogP contribution in [0.1, 0.15) is 0 Å². The first kappa shape index (κ1) is 12.2. The van der Waals surface area contributed by atoms with Crippen molar-refractivity contribution >= 4 is 0 Å². The Morgan fingerprint density at radius 2 is 1.80 bits per heavy atom. The summed E-state index contributed by atoms with van der Waals surface area (Å²) in [5.41, 5.74) is 2.45. The molecular formula is C15H13N3O2. The number of hydrogen-bond acceptors (Lipinski definition) is 4. The smallest absolute Gasteiger partial charge is 0.128 e. The molecular weight excluding hydrogens is 254 g/mol. The molecule has 0 radical (unpaired) electrons. The van der Waals surface area contributed by atoms with Crippen LogP contribution in [0.5, 0.6) is 11.5 Å². The Balaban J connectivity index is 2.00. The normalized spacial score (nSPS) is 10.4. The van der Waals surface area contributed by atoms with Gasteiger partial charge >= 0.3 is 0 Å². The summed E-state index contributed by atoms with van der Waals surface area (Å²) >= 11 is 0. The van der Waals surface area contributed by atoms with Crippen molar-refractivity contribution in [3.8, 4) is 28.4 Å². The van der Waals surface area contributed by atoms with Gasteiger partial charge in [-0.1, -0.05) is 17.3 Å². The molecule has 0 atom stereocenters. The van der Waals surface area contributed by atoms with E-state index >= 15 is 0 Å². The molecule has 5 heteroatoms. The standard InChI is InChI=1S/C15H13N3O2/c1-20-15-5-3-2-4-13(15)14-10-18(17-16-14)11-6-8-12(19)9-7-11/h2-10,19H,1H3. The second-order valence-corrected chi connectivity index (χ2v) is 4.27. The van der Waals surface area contributed by atoms with Crippen molar-refractivity contribution < 1.29 is 9.84 Å². The lowest BCUT2D eigenvalue weighted by atomic mass is 10.1. The van der Waals surface area contributed by atoms with Crippen LogP contribution in [-0.2, 0) is 0 Å². The predicted octanol–water partition coefficient (Wildman–Crippen LogP) is 2.65. The predicted molar refractivity (Wildman–Crippen MR) is 75.0 cm³/mol. The number of aromatic hydroxyl groups is 1. The van der Waals surface area contributed by atoms with E-state index in [0.29, 0.717) is 0 Å². The molecule has 5 nitrogen and oxygen atoms in total. The molecule has 0 fully saturated rings. The highest BCUT2D eigenvalue weighted by Gasteiger charge is 2.09. The van der Waals surface area contributed by atoms with Crippen molar-refractivity contribution in [2.75, 3.05) is 7.11 Å². The average molecular weight is 267 g/mol. The highest BCUT2D eigenvalue weighted by Crippen LogP contribution is 2.28. The van der Waals surface area contributed by atoms with Gasteiger partial charge in [-0.3, -0.25) is 0 Å². The van der Waals surface area contributed by atoms with E-state index in [2.05, 4.69) is 10.3 Å². The third-order valence-corrected chi connectivity index (χ3v) is 2.99. The molecule has 0 unspecified atom stereocenters. The third kappa shape index (κ3) is 2.21. The van der Waals surface area contributed by atoms with Crippen LogP contribution in [0.15, 0.2) is 54.7 Å². The van der Waals surface area contributed by atoms with Crippen LogP contribution in [0.25, 0.3) is 16.9 Å². The summed E-state index contributed by atoms with van der Waals surface area (Å²) in [4.78, 5) is 0. The molecule has 3 aromatic rings. The minimum Gasteiger partial charge on any atom is -0.508 e. The molecule has 1 heterocycles. The van der Waals surface area contributed by atoms with E-state index in [4.69, 9.17) is 4.74 Å². The molecule has 1 aromatic heterocycles.